The maximum absolute atomic E-state index is 9.19. The molecular formula is C10H10BrClN2O2. The molecule has 0 saturated carbocycles. The van der Waals surface area contributed by atoms with E-state index in [1.165, 1.54) is 0 Å². The number of nitriles is 1. The molecule has 0 aliphatic heterocycles. The lowest BCUT2D eigenvalue weighted by molar-refractivity contribution is 0.105. The molecule has 1 atom stereocenters. The van der Waals surface area contributed by atoms with Crippen molar-refractivity contribution < 1.29 is 10.2 Å². The summed E-state index contributed by atoms with van der Waals surface area (Å²) in [5.41, 5.74) is 0.823. The molecule has 0 aromatic heterocycles. The molecule has 0 spiro atoms. The molecule has 16 heavy (non-hydrogen) atoms. The van der Waals surface area contributed by atoms with Gasteiger partial charge in [-0.1, -0.05) is 11.6 Å². The van der Waals surface area contributed by atoms with Gasteiger partial charge in [-0.2, -0.15) is 5.26 Å². The van der Waals surface area contributed by atoms with Crippen LogP contribution in [0.2, 0.25) is 5.02 Å². The average molecular weight is 306 g/mol. The van der Waals surface area contributed by atoms with Crippen LogP contribution in [0.5, 0.6) is 0 Å². The molecule has 0 aliphatic carbocycles. The summed E-state index contributed by atoms with van der Waals surface area (Å²) in [7, 11) is 0. The first-order chi connectivity index (χ1) is 7.60. The predicted molar refractivity (Wildman–Crippen MR) is 65.4 cm³/mol. The fraction of sp³-hybridized carbons (Fsp3) is 0.300. The topological polar surface area (TPSA) is 76.3 Å². The summed E-state index contributed by atoms with van der Waals surface area (Å²) in [4.78, 5) is 0. The quantitative estimate of drug-likeness (QED) is 0.792. The highest BCUT2D eigenvalue weighted by Crippen LogP contribution is 2.31. The van der Waals surface area contributed by atoms with E-state index < -0.39 is 6.10 Å². The molecule has 0 saturated heterocycles. The zero-order valence-electron chi connectivity index (χ0n) is 8.24. The molecule has 0 radical (unpaired) electrons. The van der Waals surface area contributed by atoms with Crippen LogP contribution in [0.1, 0.15) is 5.56 Å². The average Bonchev–Trinajstić information content (AvgIpc) is 2.29. The number of nitrogens with one attached hydrogen (secondary N) is 1. The van der Waals surface area contributed by atoms with Crippen molar-refractivity contribution in [1.82, 2.24) is 0 Å². The molecular weight excluding hydrogens is 295 g/mol. The first-order valence-corrected chi connectivity index (χ1v) is 5.68. The van der Waals surface area contributed by atoms with Crippen LogP contribution < -0.4 is 5.32 Å². The van der Waals surface area contributed by atoms with E-state index in [0.717, 1.165) is 0 Å². The second-order valence-electron chi connectivity index (χ2n) is 3.11. The molecule has 0 aliphatic rings. The Kier molecular flexibility index (Phi) is 5.03. The minimum atomic E-state index is -0.887. The van der Waals surface area contributed by atoms with Crippen LogP contribution in [0.15, 0.2) is 16.6 Å². The number of benzene rings is 1. The normalized spacial score (nSPS) is 11.9. The van der Waals surface area contributed by atoms with E-state index in [2.05, 4.69) is 21.2 Å². The third-order valence-electron chi connectivity index (χ3n) is 1.94. The van der Waals surface area contributed by atoms with Gasteiger partial charge in [0.1, 0.15) is 6.07 Å². The van der Waals surface area contributed by atoms with Gasteiger partial charge in [-0.25, -0.2) is 0 Å². The van der Waals surface area contributed by atoms with Crippen molar-refractivity contribution in [3.05, 3.63) is 27.2 Å². The van der Waals surface area contributed by atoms with Crippen molar-refractivity contribution in [1.29, 1.82) is 5.26 Å². The van der Waals surface area contributed by atoms with Gasteiger partial charge in [0.05, 0.1) is 29.0 Å². The molecule has 0 heterocycles. The van der Waals surface area contributed by atoms with Crippen LogP contribution in [0.4, 0.5) is 5.69 Å². The van der Waals surface area contributed by atoms with Gasteiger partial charge in [-0.15, -0.1) is 0 Å². The van der Waals surface area contributed by atoms with Crippen molar-refractivity contribution >= 4 is 33.2 Å². The van der Waals surface area contributed by atoms with Gasteiger partial charge in [-0.05, 0) is 28.1 Å². The van der Waals surface area contributed by atoms with Gasteiger partial charge in [0.2, 0.25) is 0 Å². The van der Waals surface area contributed by atoms with Crippen molar-refractivity contribution in [2.45, 2.75) is 6.10 Å². The van der Waals surface area contributed by atoms with E-state index in [0.29, 0.717) is 20.7 Å². The first kappa shape index (κ1) is 13.3. The molecule has 1 rings (SSSR count). The lowest BCUT2D eigenvalue weighted by Gasteiger charge is -2.13. The van der Waals surface area contributed by atoms with Gasteiger partial charge in [0.25, 0.3) is 0 Å². The van der Waals surface area contributed by atoms with E-state index >= 15 is 0 Å². The number of hydrogen-bond donors (Lipinski definition) is 3. The zero-order chi connectivity index (χ0) is 12.1. The fourth-order valence-electron chi connectivity index (χ4n) is 1.12. The summed E-state index contributed by atoms with van der Waals surface area (Å²) in [5, 5.41) is 30.0. The van der Waals surface area contributed by atoms with Crippen molar-refractivity contribution in [2.24, 2.45) is 0 Å². The maximum atomic E-state index is 9.19. The third kappa shape index (κ3) is 3.09. The molecule has 0 amide bonds. The second kappa shape index (κ2) is 6.06. The Labute approximate surface area is 107 Å². The molecule has 0 bridgehead atoms. The summed E-state index contributed by atoms with van der Waals surface area (Å²) >= 11 is 9.16. The summed E-state index contributed by atoms with van der Waals surface area (Å²) < 4.78 is 0.625. The van der Waals surface area contributed by atoms with E-state index in [1.807, 2.05) is 6.07 Å². The summed E-state index contributed by atoms with van der Waals surface area (Å²) in [5.74, 6) is 0. The maximum Gasteiger partial charge on any atom is 0.103 e. The van der Waals surface area contributed by atoms with Gasteiger partial charge in [0.15, 0.2) is 0 Å². The smallest absolute Gasteiger partial charge is 0.103 e. The molecule has 1 aromatic carbocycles. The zero-order valence-corrected chi connectivity index (χ0v) is 10.6. The number of hydrogen-bond acceptors (Lipinski definition) is 4. The first-order valence-electron chi connectivity index (χ1n) is 4.51. The molecule has 1 aromatic rings. The Bertz CT molecular complexity index is 420. The Morgan fingerprint density at radius 1 is 1.56 bits per heavy atom. The second-order valence-corrected chi connectivity index (χ2v) is 4.37. The Morgan fingerprint density at radius 3 is 2.81 bits per heavy atom. The lowest BCUT2D eigenvalue weighted by Crippen LogP contribution is -2.23. The minimum absolute atomic E-state index is 0.126. The Hall–Kier alpha value is -0.800. The van der Waals surface area contributed by atoms with E-state index in [-0.39, 0.29) is 13.2 Å². The van der Waals surface area contributed by atoms with Crippen LogP contribution in [0.25, 0.3) is 0 Å². The summed E-state index contributed by atoms with van der Waals surface area (Å²) in [6, 6.07) is 5.32. The number of nitrogens with zero attached hydrogens (tertiary/aromatic N) is 1. The molecule has 1 unspecified atom stereocenters. The number of halogens is 2. The van der Waals surface area contributed by atoms with Gasteiger partial charge in [0, 0.05) is 11.0 Å². The van der Waals surface area contributed by atoms with Gasteiger partial charge < -0.3 is 15.5 Å². The fourth-order valence-corrected chi connectivity index (χ4v) is 1.76. The number of rotatable bonds is 4. The number of aliphatic hydroxyl groups is 2. The predicted octanol–water partition coefficient (Wildman–Crippen LogP) is 1.74. The molecule has 6 heteroatoms. The van der Waals surface area contributed by atoms with Crippen molar-refractivity contribution in [2.75, 3.05) is 18.5 Å². The SMILES string of the molecule is N#Cc1c(Br)ccc(Cl)c1NCC(O)CO. The Balaban J connectivity index is 2.94. The van der Waals surface area contributed by atoms with Crippen molar-refractivity contribution in [3.8, 4) is 6.07 Å². The largest absolute Gasteiger partial charge is 0.394 e. The van der Waals surface area contributed by atoms with Crippen LogP contribution in [-0.2, 0) is 0 Å². The lowest BCUT2D eigenvalue weighted by atomic mass is 10.2. The molecule has 4 nitrogen and oxygen atoms in total. The van der Waals surface area contributed by atoms with Crippen LogP contribution in [0.3, 0.4) is 0 Å². The van der Waals surface area contributed by atoms with Crippen LogP contribution >= 0.6 is 27.5 Å². The minimum Gasteiger partial charge on any atom is -0.394 e. The monoisotopic (exact) mass is 304 g/mol. The number of anilines is 1. The molecule has 0 fully saturated rings. The Morgan fingerprint density at radius 2 is 2.25 bits per heavy atom. The highest BCUT2D eigenvalue weighted by molar-refractivity contribution is 9.10. The van der Waals surface area contributed by atoms with E-state index in [4.69, 9.17) is 22.0 Å². The molecule has 86 valence electrons. The summed E-state index contributed by atoms with van der Waals surface area (Å²) in [6.07, 6.45) is -0.887. The van der Waals surface area contributed by atoms with Gasteiger partial charge >= 0.3 is 0 Å². The van der Waals surface area contributed by atoms with Crippen LogP contribution in [0, 0.1) is 11.3 Å². The number of aliphatic hydroxyl groups excluding tert-OH is 2. The molecule has 3 N–H and O–H groups in total. The summed E-state index contributed by atoms with van der Waals surface area (Å²) in [6.45, 7) is -0.220. The third-order valence-corrected chi connectivity index (χ3v) is 2.92. The van der Waals surface area contributed by atoms with Crippen molar-refractivity contribution in [3.63, 3.8) is 0 Å². The van der Waals surface area contributed by atoms with Gasteiger partial charge in [-0.3, -0.25) is 0 Å². The highest BCUT2D eigenvalue weighted by atomic mass is 79.9. The standard InChI is InChI=1S/C10H10BrClN2O2/c11-8-1-2-9(12)10(7(8)3-13)14-4-6(16)5-15/h1-2,6,14-16H,4-5H2. The van der Waals surface area contributed by atoms with E-state index in [1.54, 1.807) is 12.1 Å². The van der Waals surface area contributed by atoms with Crippen LogP contribution in [-0.4, -0.2) is 29.5 Å². The van der Waals surface area contributed by atoms with E-state index in [9.17, 15) is 5.11 Å². The highest BCUT2D eigenvalue weighted by Gasteiger charge is 2.11.